The summed E-state index contributed by atoms with van der Waals surface area (Å²) in [7, 11) is -3.65. The number of benzene rings is 1. The first-order valence-electron chi connectivity index (χ1n) is 6.81. The summed E-state index contributed by atoms with van der Waals surface area (Å²) in [5.41, 5.74) is 0.556. The minimum absolute atomic E-state index is 0.0642. The van der Waals surface area contributed by atoms with E-state index in [4.69, 9.17) is 34.8 Å². The van der Waals surface area contributed by atoms with Gasteiger partial charge in [-0.05, 0) is 23.6 Å². The van der Waals surface area contributed by atoms with Crippen molar-refractivity contribution in [3.05, 3.63) is 27.7 Å². The second kappa shape index (κ2) is 8.02. The first-order valence-corrected chi connectivity index (χ1v) is 9.54. The summed E-state index contributed by atoms with van der Waals surface area (Å²) in [6.07, 6.45) is 0.910. The Morgan fingerprint density at radius 2 is 1.81 bits per heavy atom. The molecule has 0 saturated heterocycles. The van der Waals surface area contributed by atoms with Gasteiger partial charge >= 0.3 is 0 Å². The molecule has 0 fully saturated rings. The fraction of sp³-hybridized carbons (Fsp3) is 0.571. The lowest BCUT2D eigenvalue weighted by molar-refractivity contribution is 0.361. The van der Waals surface area contributed by atoms with Crippen molar-refractivity contribution in [2.45, 2.75) is 38.0 Å². The van der Waals surface area contributed by atoms with Crippen LogP contribution in [-0.2, 0) is 15.9 Å². The van der Waals surface area contributed by atoms with E-state index in [1.54, 1.807) is 0 Å². The highest BCUT2D eigenvalue weighted by Crippen LogP contribution is 2.31. The Balaban J connectivity index is 3.28. The van der Waals surface area contributed by atoms with E-state index in [0.717, 1.165) is 6.42 Å². The molecule has 0 saturated carbocycles. The van der Waals surface area contributed by atoms with Crippen LogP contribution in [0.4, 0.5) is 0 Å². The number of hydrogen-bond acceptors (Lipinski definition) is 2. The summed E-state index contributed by atoms with van der Waals surface area (Å²) in [5.74, 6) is 0.411. The molecule has 0 aliphatic carbocycles. The standard InChI is InChI=1S/C14H20Cl3NO2S/c1-4-10(3)9-18(5-2)21(19,20)14-6-11(8-15)12(16)7-13(14)17/h6-7,10H,4-5,8-9H2,1-3H3. The van der Waals surface area contributed by atoms with E-state index in [2.05, 4.69) is 0 Å². The third-order valence-electron chi connectivity index (χ3n) is 3.43. The Kier molecular flexibility index (Phi) is 7.28. The van der Waals surface area contributed by atoms with Gasteiger partial charge in [0, 0.05) is 24.0 Å². The van der Waals surface area contributed by atoms with Gasteiger partial charge in [-0.25, -0.2) is 8.42 Å². The molecule has 0 radical (unpaired) electrons. The largest absolute Gasteiger partial charge is 0.244 e. The third-order valence-corrected chi connectivity index (χ3v) is 6.47. The number of sulfonamides is 1. The molecule has 0 spiro atoms. The maximum atomic E-state index is 12.8. The first kappa shape index (κ1) is 19.0. The normalized spacial score (nSPS) is 13.7. The molecule has 0 aromatic heterocycles. The fourth-order valence-corrected chi connectivity index (χ4v) is 4.58. The average molecular weight is 373 g/mol. The minimum atomic E-state index is -3.65. The van der Waals surface area contributed by atoms with Crippen molar-refractivity contribution in [1.29, 1.82) is 0 Å². The monoisotopic (exact) mass is 371 g/mol. The highest BCUT2D eigenvalue weighted by atomic mass is 35.5. The average Bonchev–Trinajstić information content (AvgIpc) is 2.43. The van der Waals surface area contributed by atoms with Crippen LogP contribution in [0.5, 0.6) is 0 Å². The maximum Gasteiger partial charge on any atom is 0.244 e. The van der Waals surface area contributed by atoms with Crippen LogP contribution >= 0.6 is 34.8 Å². The first-order chi connectivity index (χ1) is 9.77. The van der Waals surface area contributed by atoms with Crippen LogP contribution in [0.1, 0.15) is 32.8 Å². The van der Waals surface area contributed by atoms with E-state index in [9.17, 15) is 8.42 Å². The molecule has 1 aromatic rings. The summed E-state index contributed by atoms with van der Waals surface area (Å²) in [6, 6.07) is 2.90. The molecule has 21 heavy (non-hydrogen) atoms. The molecule has 3 nitrogen and oxygen atoms in total. The van der Waals surface area contributed by atoms with Crippen LogP contribution in [0.15, 0.2) is 17.0 Å². The maximum absolute atomic E-state index is 12.8. The summed E-state index contributed by atoms with van der Waals surface area (Å²) >= 11 is 17.9. The van der Waals surface area contributed by atoms with Crippen molar-refractivity contribution in [1.82, 2.24) is 4.31 Å². The molecule has 0 aliphatic heterocycles. The second-order valence-electron chi connectivity index (χ2n) is 4.98. The quantitative estimate of drug-likeness (QED) is 0.645. The molecule has 7 heteroatoms. The smallest absolute Gasteiger partial charge is 0.207 e. The summed E-state index contributed by atoms with van der Waals surface area (Å²) < 4.78 is 27.0. The second-order valence-corrected chi connectivity index (χ2v) is 7.96. The highest BCUT2D eigenvalue weighted by Gasteiger charge is 2.27. The van der Waals surface area contributed by atoms with Gasteiger partial charge in [-0.1, -0.05) is 50.4 Å². The van der Waals surface area contributed by atoms with Crippen LogP contribution in [-0.4, -0.2) is 25.8 Å². The predicted molar refractivity (Wildman–Crippen MR) is 89.9 cm³/mol. The van der Waals surface area contributed by atoms with Crippen LogP contribution < -0.4 is 0 Å². The van der Waals surface area contributed by atoms with Gasteiger partial charge in [0.1, 0.15) is 4.90 Å². The summed E-state index contributed by atoms with van der Waals surface area (Å²) in [5, 5.41) is 0.496. The molecule has 0 bridgehead atoms. The van der Waals surface area contributed by atoms with E-state index < -0.39 is 10.0 Å². The third kappa shape index (κ3) is 4.49. The van der Waals surface area contributed by atoms with E-state index >= 15 is 0 Å². The molecule has 1 rings (SSSR count). The Bertz CT molecular complexity index is 590. The van der Waals surface area contributed by atoms with Gasteiger partial charge in [0.15, 0.2) is 0 Å². The molecule has 120 valence electrons. The molecule has 1 unspecified atom stereocenters. The lowest BCUT2D eigenvalue weighted by Gasteiger charge is -2.24. The van der Waals surface area contributed by atoms with Gasteiger partial charge in [0.25, 0.3) is 0 Å². The number of halogens is 3. The van der Waals surface area contributed by atoms with Crippen molar-refractivity contribution in [2.24, 2.45) is 5.92 Å². The van der Waals surface area contributed by atoms with Crippen molar-refractivity contribution in [2.75, 3.05) is 13.1 Å². The summed E-state index contributed by atoms with van der Waals surface area (Å²) in [4.78, 5) is 0.0642. The number of rotatable bonds is 7. The number of nitrogens with zero attached hydrogens (tertiary/aromatic N) is 1. The van der Waals surface area contributed by atoms with Gasteiger partial charge in [-0.3, -0.25) is 0 Å². The predicted octanol–water partition coefficient (Wildman–Crippen LogP) is 4.79. The Labute approximate surface area is 142 Å². The van der Waals surface area contributed by atoms with Gasteiger partial charge in [-0.15, -0.1) is 11.6 Å². The molecule has 0 N–H and O–H groups in total. The number of alkyl halides is 1. The zero-order valence-electron chi connectivity index (χ0n) is 12.4. The molecule has 0 aliphatic rings. The molecule has 0 heterocycles. The Hall–Kier alpha value is -0.000000000000000111. The van der Waals surface area contributed by atoms with Crippen molar-refractivity contribution in [3.63, 3.8) is 0 Å². The molecule has 1 atom stereocenters. The number of hydrogen-bond donors (Lipinski definition) is 0. The van der Waals surface area contributed by atoms with E-state index in [-0.39, 0.29) is 21.7 Å². The van der Waals surface area contributed by atoms with Crippen LogP contribution in [0.25, 0.3) is 0 Å². The molecular weight excluding hydrogens is 353 g/mol. The lowest BCUT2D eigenvalue weighted by atomic mass is 10.1. The van der Waals surface area contributed by atoms with Crippen LogP contribution in [0.2, 0.25) is 10.0 Å². The van der Waals surface area contributed by atoms with E-state index in [0.29, 0.717) is 23.7 Å². The van der Waals surface area contributed by atoms with Crippen LogP contribution in [0, 0.1) is 5.92 Å². The van der Waals surface area contributed by atoms with Gasteiger partial charge < -0.3 is 0 Å². The topological polar surface area (TPSA) is 37.4 Å². The fourth-order valence-electron chi connectivity index (χ4n) is 1.88. The van der Waals surface area contributed by atoms with E-state index in [1.165, 1.54) is 16.4 Å². The lowest BCUT2D eigenvalue weighted by Crippen LogP contribution is -2.34. The van der Waals surface area contributed by atoms with Crippen LogP contribution in [0.3, 0.4) is 0 Å². The molecule has 1 aromatic carbocycles. The Morgan fingerprint density at radius 1 is 1.19 bits per heavy atom. The Morgan fingerprint density at radius 3 is 2.29 bits per heavy atom. The zero-order chi connectivity index (χ0) is 16.2. The SMILES string of the molecule is CCC(C)CN(CC)S(=O)(=O)c1cc(CCl)c(Cl)cc1Cl. The molecular formula is C14H20Cl3NO2S. The van der Waals surface area contributed by atoms with Crippen molar-refractivity contribution in [3.8, 4) is 0 Å². The zero-order valence-corrected chi connectivity index (χ0v) is 15.5. The highest BCUT2D eigenvalue weighted by molar-refractivity contribution is 7.89. The summed E-state index contributed by atoms with van der Waals surface area (Å²) in [6.45, 7) is 6.72. The van der Waals surface area contributed by atoms with Gasteiger partial charge in [0.2, 0.25) is 10.0 Å². The minimum Gasteiger partial charge on any atom is -0.207 e. The van der Waals surface area contributed by atoms with Crippen molar-refractivity contribution < 1.29 is 8.42 Å². The van der Waals surface area contributed by atoms with Gasteiger partial charge in [-0.2, -0.15) is 4.31 Å². The van der Waals surface area contributed by atoms with Gasteiger partial charge in [0.05, 0.1) is 5.02 Å². The van der Waals surface area contributed by atoms with E-state index in [1.807, 2.05) is 20.8 Å². The molecule has 0 amide bonds. The van der Waals surface area contributed by atoms with Crippen molar-refractivity contribution >= 4 is 44.8 Å².